The summed E-state index contributed by atoms with van der Waals surface area (Å²) in [5.74, 6) is 1.73. The molecule has 1 heterocycles. The fourth-order valence-electron chi connectivity index (χ4n) is 2.47. The second-order valence-electron chi connectivity index (χ2n) is 5.03. The fraction of sp³-hybridized carbons (Fsp3) is 0.500. The topological polar surface area (TPSA) is 29.5 Å². The van der Waals surface area contributed by atoms with Crippen molar-refractivity contribution < 1.29 is 9.53 Å². The van der Waals surface area contributed by atoms with E-state index in [9.17, 15) is 4.79 Å². The number of amides is 1. The molecule has 2 atom stereocenters. The van der Waals surface area contributed by atoms with Crippen LogP contribution in [-0.2, 0) is 0 Å². The normalized spacial score (nSPS) is 24.5. The largest absolute Gasteiger partial charge is 0.415 e. The summed E-state index contributed by atoms with van der Waals surface area (Å²) < 4.78 is 5.34. The Bertz CT molecular complexity index is 367. The van der Waals surface area contributed by atoms with Gasteiger partial charge >= 0.3 is 6.09 Å². The smallest absolute Gasteiger partial charge is 0.410 e. The number of para-hydroxylation sites is 1. The molecule has 92 valence electrons. The Kier molecular flexibility index (Phi) is 3.67. The Labute approximate surface area is 102 Å². The third-order valence-corrected chi connectivity index (χ3v) is 3.08. The summed E-state index contributed by atoms with van der Waals surface area (Å²) >= 11 is 0. The summed E-state index contributed by atoms with van der Waals surface area (Å²) in [5, 5.41) is 0. The first-order valence-electron chi connectivity index (χ1n) is 6.17. The maximum Gasteiger partial charge on any atom is 0.415 e. The van der Waals surface area contributed by atoms with Gasteiger partial charge in [0.25, 0.3) is 0 Å². The van der Waals surface area contributed by atoms with Crippen LogP contribution in [0.5, 0.6) is 5.75 Å². The van der Waals surface area contributed by atoms with Gasteiger partial charge in [-0.1, -0.05) is 32.0 Å². The van der Waals surface area contributed by atoms with Gasteiger partial charge in [0.1, 0.15) is 5.75 Å². The number of carbonyl (C=O) groups is 1. The van der Waals surface area contributed by atoms with E-state index in [0.717, 1.165) is 13.1 Å². The van der Waals surface area contributed by atoms with Crippen LogP contribution in [0.25, 0.3) is 0 Å². The van der Waals surface area contributed by atoms with E-state index in [-0.39, 0.29) is 6.09 Å². The van der Waals surface area contributed by atoms with E-state index in [0.29, 0.717) is 17.6 Å². The number of likely N-dealkylation sites (tertiary alicyclic amines) is 1. The fourth-order valence-corrected chi connectivity index (χ4v) is 2.47. The van der Waals surface area contributed by atoms with Crippen molar-refractivity contribution in [2.45, 2.75) is 20.3 Å². The summed E-state index contributed by atoms with van der Waals surface area (Å²) in [6.45, 7) is 5.96. The Morgan fingerprint density at radius 3 is 2.35 bits per heavy atom. The zero-order valence-corrected chi connectivity index (χ0v) is 10.4. The quantitative estimate of drug-likeness (QED) is 0.745. The zero-order valence-electron chi connectivity index (χ0n) is 10.4. The van der Waals surface area contributed by atoms with Gasteiger partial charge in [-0.3, -0.25) is 0 Å². The number of hydrogen-bond donors (Lipinski definition) is 0. The Hall–Kier alpha value is -1.51. The molecule has 1 saturated heterocycles. The van der Waals surface area contributed by atoms with Crippen LogP contribution in [0.3, 0.4) is 0 Å². The van der Waals surface area contributed by atoms with Crippen molar-refractivity contribution >= 4 is 6.09 Å². The lowest BCUT2D eigenvalue weighted by Crippen LogP contribution is -2.43. The lowest BCUT2D eigenvalue weighted by molar-refractivity contribution is 0.112. The highest BCUT2D eigenvalue weighted by atomic mass is 16.6. The van der Waals surface area contributed by atoms with Crippen LogP contribution in [0, 0.1) is 11.8 Å². The predicted molar refractivity (Wildman–Crippen MR) is 67.0 cm³/mol. The number of ether oxygens (including phenoxy) is 1. The second kappa shape index (κ2) is 5.21. The highest BCUT2D eigenvalue weighted by Crippen LogP contribution is 2.22. The van der Waals surface area contributed by atoms with E-state index in [2.05, 4.69) is 13.8 Å². The van der Waals surface area contributed by atoms with E-state index in [1.165, 1.54) is 6.42 Å². The van der Waals surface area contributed by atoms with Gasteiger partial charge in [0.2, 0.25) is 0 Å². The molecule has 3 heteroatoms. The molecule has 0 saturated carbocycles. The molecule has 1 aliphatic heterocycles. The molecule has 1 aliphatic rings. The summed E-state index contributed by atoms with van der Waals surface area (Å²) in [6.07, 6.45) is 0.962. The molecule has 0 aromatic heterocycles. The Morgan fingerprint density at radius 1 is 1.18 bits per heavy atom. The Balaban J connectivity index is 1.96. The van der Waals surface area contributed by atoms with Crippen molar-refractivity contribution in [3.8, 4) is 5.75 Å². The van der Waals surface area contributed by atoms with Crippen LogP contribution in [0.2, 0.25) is 0 Å². The number of carbonyl (C=O) groups excluding carboxylic acids is 1. The number of piperidine rings is 1. The molecule has 0 unspecified atom stereocenters. The number of hydrogen-bond acceptors (Lipinski definition) is 2. The molecular formula is C14H19NO2. The van der Waals surface area contributed by atoms with Crippen molar-refractivity contribution in [1.29, 1.82) is 0 Å². The van der Waals surface area contributed by atoms with Crippen molar-refractivity contribution in [2.75, 3.05) is 13.1 Å². The standard InChI is InChI=1S/C14H19NO2/c1-11-8-12(2)10-15(9-11)14(16)17-13-6-4-3-5-7-13/h3-7,11-12H,8-10H2,1-2H3/t11-,12+. The van der Waals surface area contributed by atoms with Gasteiger partial charge in [-0.25, -0.2) is 4.79 Å². The third-order valence-electron chi connectivity index (χ3n) is 3.08. The van der Waals surface area contributed by atoms with Crippen molar-refractivity contribution in [1.82, 2.24) is 4.90 Å². The first-order chi connectivity index (χ1) is 8.15. The molecule has 0 bridgehead atoms. The van der Waals surface area contributed by atoms with Gasteiger partial charge in [0.05, 0.1) is 0 Å². The van der Waals surface area contributed by atoms with Crippen molar-refractivity contribution in [2.24, 2.45) is 11.8 Å². The Morgan fingerprint density at radius 2 is 1.76 bits per heavy atom. The van der Waals surface area contributed by atoms with Crippen LogP contribution in [0.1, 0.15) is 20.3 Å². The van der Waals surface area contributed by atoms with Crippen LogP contribution < -0.4 is 4.74 Å². The molecule has 1 fully saturated rings. The van der Waals surface area contributed by atoms with Crippen LogP contribution >= 0.6 is 0 Å². The molecular weight excluding hydrogens is 214 g/mol. The molecule has 17 heavy (non-hydrogen) atoms. The van der Waals surface area contributed by atoms with Gasteiger partial charge in [-0.15, -0.1) is 0 Å². The summed E-state index contributed by atoms with van der Waals surface area (Å²) in [4.78, 5) is 13.8. The van der Waals surface area contributed by atoms with Gasteiger partial charge in [-0.2, -0.15) is 0 Å². The van der Waals surface area contributed by atoms with Gasteiger partial charge < -0.3 is 9.64 Å². The summed E-state index contributed by atoms with van der Waals surface area (Å²) in [5.41, 5.74) is 0. The molecule has 0 N–H and O–H groups in total. The molecule has 0 radical (unpaired) electrons. The van der Waals surface area contributed by atoms with E-state index < -0.39 is 0 Å². The molecule has 1 aromatic carbocycles. The van der Waals surface area contributed by atoms with Crippen molar-refractivity contribution in [3.63, 3.8) is 0 Å². The van der Waals surface area contributed by atoms with E-state index >= 15 is 0 Å². The lowest BCUT2D eigenvalue weighted by Gasteiger charge is -2.34. The van der Waals surface area contributed by atoms with Crippen LogP contribution in [-0.4, -0.2) is 24.1 Å². The van der Waals surface area contributed by atoms with E-state index in [1.54, 1.807) is 12.1 Å². The molecule has 2 rings (SSSR count). The maximum absolute atomic E-state index is 12.0. The van der Waals surface area contributed by atoms with Gasteiger partial charge in [0, 0.05) is 13.1 Å². The van der Waals surface area contributed by atoms with Gasteiger partial charge in [-0.05, 0) is 30.4 Å². The minimum absolute atomic E-state index is 0.227. The second-order valence-corrected chi connectivity index (χ2v) is 5.03. The molecule has 0 spiro atoms. The third kappa shape index (κ3) is 3.22. The average Bonchev–Trinajstić information content (AvgIpc) is 2.29. The monoisotopic (exact) mass is 233 g/mol. The van der Waals surface area contributed by atoms with E-state index in [1.807, 2.05) is 23.1 Å². The molecule has 0 aliphatic carbocycles. The van der Waals surface area contributed by atoms with E-state index in [4.69, 9.17) is 4.74 Å². The predicted octanol–water partition coefficient (Wildman–Crippen LogP) is 3.16. The molecule has 3 nitrogen and oxygen atoms in total. The summed E-state index contributed by atoms with van der Waals surface area (Å²) in [7, 11) is 0. The van der Waals surface area contributed by atoms with Crippen LogP contribution in [0.4, 0.5) is 4.79 Å². The first-order valence-corrected chi connectivity index (χ1v) is 6.17. The highest BCUT2D eigenvalue weighted by Gasteiger charge is 2.26. The van der Waals surface area contributed by atoms with Gasteiger partial charge in [0.15, 0.2) is 0 Å². The highest BCUT2D eigenvalue weighted by molar-refractivity contribution is 5.70. The maximum atomic E-state index is 12.0. The summed E-state index contributed by atoms with van der Waals surface area (Å²) in [6, 6.07) is 9.24. The zero-order chi connectivity index (χ0) is 12.3. The van der Waals surface area contributed by atoms with Crippen LogP contribution in [0.15, 0.2) is 30.3 Å². The molecule has 1 amide bonds. The number of nitrogens with zero attached hydrogens (tertiary/aromatic N) is 1. The molecule has 1 aromatic rings. The minimum atomic E-state index is -0.227. The number of rotatable bonds is 1. The SMILES string of the molecule is C[C@@H]1C[C@H](C)CN(C(=O)Oc2ccccc2)C1. The minimum Gasteiger partial charge on any atom is -0.410 e. The lowest BCUT2D eigenvalue weighted by atomic mass is 9.92. The van der Waals surface area contributed by atoms with Crippen molar-refractivity contribution in [3.05, 3.63) is 30.3 Å². The number of benzene rings is 1. The average molecular weight is 233 g/mol. The first kappa shape index (κ1) is 12.0.